The number of hydrogen-bond donors (Lipinski definition) is 0. The molecule has 0 spiro atoms. The van der Waals surface area contributed by atoms with Crippen LogP contribution >= 0.6 is 0 Å². The van der Waals surface area contributed by atoms with Crippen LogP contribution in [0.25, 0.3) is 0 Å². The lowest BCUT2D eigenvalue weighted by molar-refractivity contribution is -0.123. The Morgan fingerprint density at radius 1 is 0.839 bits per heavy atom. The molecule has 0 atom stereocenters. The van der Waals surface area contributed by atoms with E-state index >= 15 is 0 Å². The Balaban J connectivity index is 1.64. The highest BCUT2D eigenvalue weighted by atomic mass is 16.5. The molecule has 0 N–H and O–H groups in total. The topological polar surface area (TPSA) is 34.2 Å². The van der Waals surface area contributed by atoms with Gasteiger partial charge in [0, 0.05) is 32.3 Å². The average Bonchev–Trinajstić information content (AvgIpc) is 2.62. The van der Waals surface area contributed by atoms with Crippen molar-refractivity contribution in [1.29, 1.82) is 0 Å². The second kappa shape index (κ2) is 12.9. The van der Waals surface area contributed by atoms with E-state index in [0.29, 0.717) is 12.1 Å². The summed E-state index contributed by atoms with van der Waals surface area (Å²) >= 11 is 0. The lowest BCUT2D eigenvalue weighted by Gasteiger charge is -2.46. The van der Waals surface area contributed by atoms with Crippen LogP contribution in [-0.4, -0.2) is 86.2 Å². The van der Waals surface area contributed by atoms with Gasteiger partial charge in [0.2, 0.25) is 0 Å². The number of likely N-dealkylation sites (tertiary alicyclic amines) is 1. The molecule has 5 nitrogen and oxygen atoms in total. The van der Waals surface area contributed by atoms with E-state index in [2.05, 4.69) is 58.4 Å². The first-order chi connectivity index (χ1) is 14.5. The maximum atomic E-state index is 6.19. The van der Waals surface area contributed by atoms with Gasteiger partial charge in [0.05, 0.1) is 23.9 Å². The summed E-state index contributed by atoms with van der Waals surface area (Å²) in [5.74, 6) is 0.835. The van der Waals surface area contributed by atoms with Crippen LogP contribution in [-0.2, 0) is 14.2 Å². The van der Waals surface area contributed by atoms with Gasteiger partial charge in [-0.15, -0.1) is 0 Å². The monoisotopic (exact) mass is 440 g/mol. The fraction of sp³-hybridized carbons (Fsp3) is 1.00. The van der Waals surface area contributed by atoms with E-state index in [4.69, 9.17) is 14.2 Å². The molecule has 184 valence electrons. The zero-order valence-corrected chi connectivity index (χ0v) is 21.8. The second-order valence-corrected chi connectivity index (χ2v) is 11.9. The first-order valence-corrected chi connectivity index (χ1v) is 12.8. The fourth-order valence-electron chi connectivity index (χ4n) is 4.58. The van der Waals surface area contributed by atoms with Gasteiger partial charge in [-0.2, -0.15) is 0 Å². The summed E-state index contributed by atoms with van der Waals surface area (Å²) in [5.41, 5.74) is -0.0540. The minimum atomic E-state index is -0.0323. The van der Waals surface area contributed by atoms with Crippen LogP contribution in [0.1, 0.15) is 86.5 Å². The summed E-state index contributed by atoms with van der Waals surface area (Å²) in [7, 11) is 2.25. The van der Waals surface area contributed by atoms with Crippen LogP contribution in [0, 0.1) is 5.92 Å². The molecule has 31 heavy (non-hydrogen) atoms. The molecule has 2 rings (SSSR count). The minimum absolute atomic E-state index is 0.0217. The summed E-state index contributed by atoms with van der Waals surface area (Å²) < 4.78 is 18.0. The molecule has 2 fully saturated rings. The van der Waals surface area contributed by atoms with E-state index in [1.807, 2.05) is 0 Å². The molecule has 0 amide bonds. The van der Waals surface area contributed by atoms with E-state index in [9.17, 15) is 0 Å². The van der Waals surface area contributed by atoms with Crippen LogP contribution in [0.2, 0.25) is 0 Å². The standard InChI is InChI=1S/C26H52N2O3/c1-25(2,3)30-17-10-8-9-16-29-18-15-28(21-22-11-13-27(7)14-12-22)23-19-24(20-23)31-26(4,5)6/h22-24H,8-21H2,1-7H3. The van der Waals surface area contributed by atoms with Crippen LogP contribution in [0.4, 0.5) is 0 Å². The molecule has 1 saturated carbocycles. The van der Waals surface area contributed by atoms with Gasteiger partial charge >= 0.3 is 0 Å². The van der Waals surface area contributed by atoms with Gasteiger partial charge in [-0.05, 0) is 113 Å². The Hall–Kier alpha value is -0.200. The molecule has 0 aromatic rings. The van der Waals surface area contributed by atoms with Gasteiger partial charge in [-0.3, -0.25) is 4.90 Å². The van der Waals surface area contributed by atoms with Crippen LogP contribution < -0.4 is 0 Å². The quantitative estimate of drug-likeness (QED) is 0.377. The zero-order chi connectivity index (χ0) is 22.9. The summed E-state index contributed by atoms with van der Waals surface area (Å²) in [6.45, 7) is 20.2. The molecule has 1 saturated heterocycles. The van der Waals surface area contributed by atoms with Gasteiger partial charge in [-0.25, -0.2) is 0 Å². The second-order valence-electron chi connectivity index (χ2n) is 11.9. The molecule has 1 heterocycles. The van der Waals surface area contributed by atoms with E-state index in [-0.39, 0.29) is 11.2 Å². The summed E-state index contributed by atoms with van der Waals surface area (Å²) in [5, 5.41) is 0. The van der Waals surface area contributed by atoms with E-state index in [1.165, 1.54) is 51.7 Å². The third kappa shape index (κ3) is 12.0. The first-order valence-electron chi connectivity index (χ1n) is 12.8. The average molecular weight is 441 g/mol. The van der Waals surface area contributed by atoms with Gasteiger partial charge < -0.3 is 19.1 Å². The Morgan fingerprint density at radius 3 is 2.10 bits per heavy atom. The smallest absolute Gasteiger partial charge is 0.0612 e. The Bertz CT molecular complexity index is 472. The van der Waals surface area contributed by atoms with Gasteiger partial charge in [-0.1, -0.05) is 0 Å². The Labute approximate surface area is 193 Å². The molecule has 5 heteroatoms. The Kier molecular flexibility index (Phi) is 11.2. The zero-order valence-electron chi connectivity index (χ0n) is 21.8. The number of rotatable bonds is 13. The highest BCUT2D eigenvalue weighted by Gasteiger charge is 2.37. The summed E-state index contributed by atoms with van der Waals surface area (Å²) in [4.78, 5) is 5.18. The van der Waals surface area contributed by atoms with E-state index < -0.39 is 0 Å². The highest BCUT2D eigenvalue weighted by Crippen LogP contribution is 2.32. The molecule has 1 aliphatic heterocycles. The SMILES string of the molecule is CN1CCC(CN(CCOCCCCCOC(C)(C)C)C2CC(OC(C)(C)C)C2)CC1. The molecule has 0 aromatic carbocycles. The van der Waals surface area contributed by atoms with Crippen molar-refractivity contribution in [2.45, 2.75) is 110 Å². The molecule has 0 radical (unpaired) electrons. The van der Waals surface area contributed by atoms with Gasteiger partial charge in [0.25, 0.3) is 0 Å². The molecule has 0 bridgehead atoms. The van der Waals surface area contributed by atoms with Crippen molar-refractivity contribution < 1.29 is 14.2 Å². The number of hydrogen-bond acceptors (Lipinski definition) is 5. The fourth-order valence-corrected chi connectivity index (χ4v) is 4.58. The van der Waals surface area contributed by atoms with E-state index in [0.717, 1.165) is 45.1 Å². The van der Waals surface area contributed by atoms with E-state index in [1.54, 1.807) is 0 Å². The largest absolute Gasteiger partial charge is 0.380 e. The summed E-state index contributed by atoms with van der Waals surface area (Å²) in [6.07, 6.45) is 8.89. The lowest BCUT2D eigenvalue weighted by Crippen LogP contribution is -2.52. The van der Waals surface area contributed by atoms with Crippen molar-refractivity contribution in [2.75, 3.05) is 53.0 Å². The molecule has 2 aliphatic rings. The Morgan fingerprint density at radius 2 is 1.48 bits per heavy atom. The predicted molar refractivity (Wildman–Crippen MR) is 130 cm³/mol. The number of piperidine rings is 1. The maximum absolute atomic E-state index is 6.19. The normalized spacial score (nSPS) is 24.0. The summed E-state index contributed by atoms with van der Waals surface area (Å²) in [6, 6.07) is 0.671. The molecular weight excluding hydrogens is 388 g/mol. The van der Waals surface area contributed by atoms with Crippen molar-refractivity contribution >= 4 is 0 Å². The highest BCUT2D eigenvalue weighted by molar-refractivity contribution is 4.90. The molecule has 0 unspecified atom stereocenters. The number of nitrogens with zero attached hydrogens (tertiary/aromatic N) is 2. The van der Waals surface area contributed by atoms with Crippen LogP contribution in [0.5, 0.6) is 0 Å². The number of unbranched alkanes of at least 4 members (excludes halogenated alkanes) is 2. The third-order valence-corrected chi connectivity index (χ3v) is 6.43. The van der Waals surface area contributed by atoms with Crippen molar-refractivity contribution in [1.82, 2.24) is 9.80 Å². The molecule has 1 aliphatic carbocycles. The predicted octanol–water partition coefficient (Wildman–Crippen LogP) is 4.98. The molecule has 0 aromatic heterocycles. The van der Waals surface area contributed by atoms with Crippen LogP contribution in [0.3, 0.4) is 0 Å². The van der Waals surface area contributed by atoms with Crippen molar-refractivity contribution in [3.8, 4) is 0 Å². The van der Waals surface area contributed by atoms with Crippen molar-refractivity contribution in [3.05, 3.63) is 0 Å². The molecular formula is C26H52N2O3. The lowest BCUT2D eigenvalue weighted by atomic mass is 9.85. The van der Waals surface area contributed by atoms with Gasteiger partial charge in [0.1, 0.15) is 0 Å². The van der Waals surface area contributed by atoms with Crippen LogP contribution in [0.15, 0.2) is 0 Å². The number of ether oxygens (including phenoxy) is 3. The maximum Gasteiger partial charge on any atom is 0.0612 e. The van der Waals surface area contributed by atoms with Crippen molar-refractivity contribution in [3.63, 3.8) is 0 Å². The minimum Gasteiger partial charge on any atom is -0.380 e. The van der Waals surface area contributed by atoms with Crippen molar-refractivity contribution in [2.24, 2.45) is 5.92 Å². The van der Waals surface area contributed by atoms with Gasteiger partial charge in [0.15, 0.2) is 0 Å². The third-order valence-electron chi connectivity index (χ3n) is 6.43. The first kappa shape index (κ1) is 27.0.